The summed E-state index contributed by atoms with van der Waals surface area (Å²) in [5.41, 5.74) is 2.32. The van der Waals surface area contributed by atoms with Crippen LogP contribution in [0.5, 0.6) is 5.88 Å². The van der Waals surface area contributed by atoms with E-state index in [1.54, 1.807) is 4.90 Å². The minimum Gasteiger partial charge on any atom is -0.494 e. The molecule has 3 rings (SSSR count). The number of aromatic nitrogens is 1. The molecule has 0 bridgehead atoms. The molecule has 0 unspecified atom stereocenters. The molecule has 5 heteroatoms. The average molecular weight is 314 g/mol. The van der Waals surface area contributed by atoms with Crippen LogP contribution in [0.2, 0.25) is 0 Å². The van der Waals surface area contributed by atoms with Crippen LogP contribution in [0.1, 0.15) is 32.8 Å². The first-order valence-corrected chi connectivity index (χ1v) is 7.82. The third kappa shape index (κ3) is 3.18. The van der Waals surface area contributed by atoms with E-state index in [1.165, 1.54) is 0 Å². The number of nitrogens with one attached hydrogen (secondary N) is 1. The first-order chi connectivity index (χ1) is 10.8. The smallest absolute Gasteiger partial charge is 0.410 e. The Morgan fingerprint density at radius 3 is 2.70 bits per heavy atom. The van der Waals surface area contributed by atoms with E-state index in [0.29, 0.717) is 19.5 Å². The summed E-state index contributed by atoms with van der Waals surface area (Å²) < 4.78 is 5.40. The second-order valence-corrected chi connectivity index (χ2v) is 6.80. The highest BCUT2D eigenvalue weighted by atomic mass is 16.6. The normalized spacial score (nSPS) is 15.6. The number of carbonyl (C=O) groups excluding carboxylic acids is 1. The summed E-state index contributed by atoms with van der Waals surface area (Å²) in [6.45, 7) is 6.66. The molecule has 2 aromatic rings. The summed E-state index contributed by atoms with van der Waals surface area (Å²) in [7, 11) is 0. The predicted molar refractivity (Wildman–Crippen MR) is 90.4 cm³/mol. The maximum atomic E-state index is 12.1. The third-order valence-corrected chi connectivity index (χ3v) is 3.87. The highest BCUT2D eigenvalue weighted by molar-refractivity contribution is 5.95. The molecule has 1 aromatic carbocycles. The van der Waals surface area contributed by atoms with Crippen LogP contribution in [0.25, 0.3) is 16.5 Å². The van der Waals surface area contributed by atoms with E-state index in [1.807, 2.05) is 51.1 Å². The number of amides is 1. The van der Waals surface area contributed by atoms with Crippen molar-refractivity contribution in [2.24, 2.45) is 0 Å². The van der Waals surface area contributed by atoms with Gasteiger partial charge in [-0.15, -0.1) is 0 Å². The van der Waals surface area contributed by atoms with E-state index in [9.17, 15) is 9.90 Å². The second kappa shape index (κ2) is 5.65. The fourth-order valence-electron chi connectivity index (χ4n) is 2.84. The zero-order chi connectivity index (χ0) is 16.6. The number of aromatic hydroxyl groups is 1. The van der Waals surface area contributed by atoms with E-state index >= 15 is 0 Å². The Balaban J connectivity index is 1.81. The zero-order valence-corrected chi connectivity index (χ0v) is 13.7. The van der Waals surface area contributed by atoms with E-state index in [4.69, 9.17) is 4.74 Å². The monoisotopic (exact) mass is 314 g/mol. The van der Waals surface area contributed by atoms with Crippen molar-refractivity contribution in [1.29, 1.82) is 0 Å². The van der Waals surface area contributed by atoms with Crippen LogP contribution in [-0.4, -0.2) is 39.8 Å². The fraction of sp³-hybridized carbons (Fsp3) is 0.389. The Morgan fingerprint density at radius 1 is 1.30 bits per heavy atom. The first-order valence-electron chi connectivity index (χ1n) is 7.82. The van der Waals surface area contributed by atoms with Crippen LogP contribution in [0.3, 0.4) is 0 Å². The minimum atomic E-state index is -0.490. The number of carbonyl (C=O) groups is 1. The van der Waals surface area contributed by atoms with Crippen LogP contribution < -0.4 is 0 Å². The van der Waals surface area contributed by atoms with Crippen molar-refractivity contribution in [2.75, 3.05) is 13.1 Å². The van der Waals surface area contributed by atoms with Gasteiger partial charge in [-0.1, -0.05) is 24.3 Å². The van der Waals surface area contributed by atoms with Gasteiger partial charge in [-0.25, -0.2) is 4.79 Å². The molecular weight excluding hydrogens is 292 g/mol. The number of para-hydroxylation sites is 1. The lowest BCUT2D eigenvalue weighted by molar-refractivity contribution is 0.0270. The molecule has 122 valence electrons. The number of ether oxygens (including phenoxy) is 1. The molecule has 1 aromatic heterocycles. The van der Waals surface area contributed by atoms with E-state index < -0.39 is 5.60 Å². The number of H-pyrrole nitrogens is 1. The third-order valence-electron chi connectivity index (χ3n) is 3.87. The van der Waals surface area contributed by atoms with Crippen molar-refractivity contribution in [3.63, 3.8) is 0 Å². The molecular formula is C18H22N2O3. The van der Waals surface area contributed by atoms with Gasteiger partial charge in [0.2, 0.25) is 0 Å². The summed E-state index contributed by atoms with van der Waals surface area (Å²) in [4.78, 5) is 16.8. The molecule has 1 aliphatic rings. The highest BCUT2D eigenvalue weighted by Gasteiger charge is 2.25. The van der Waals surface area contributed by atoms with Crippen molar-refractivity contribution < 1.29 is 14.6 Å². The van der Waals surface area contributed by atoms with Gasteiger partial charge in [-0.3, -0.25) is 0 Å². The van der Waals surface area contributed by atoms with Gasteiger partial charge in [-0.05, 0) is 38.8 Å². The maximum Gasteiger partial charge on any atom is 0.410 e. The van der Waals surface area contributed by atoms with Gasteiger partial charge in [0.25, 0.3) is 0 Å². The molecule has 0 aliphatic carbocycles. The standard InChI is InChI=1S/C18H22N2O3/c1-18(2,3)23-17(22)20-10-8-12(9-11-20)15-13-6-4-5-7-14(13)19-16(15)21/h4-8,19,21H,9-11H2,1-3H3. The fourth-order valence-corrected chi connectivity index (χ4v) is 2.84. The number of rotatable bonds is 1. The van der Waals surface area contributed by atoms with Gasteiger partial charge in [0.05, 0.1) is 0 Å². The summed E-state index contributed by atoms with van der Waals surface area (Å²) in [6.07, 6.45) is 2.38. The van der Waals surface area contributed by atoms with E-state index in [0.717, 1.165) is 22.0 Å². The van der Waals surface area contributed by atoms with Gasteiger partial charge >= 0.3 is 6.09 Å². The summed E-state index contributed by atoms with van der Waals surface area (Å²) >= 11 is 0. The number of nitrogens with zero attached hydrogens (tertiary/aromatic N) is 1. The maximum absolute atomic E-state index is 12.1. The highest BCUT2D eigenvalue weighted by Crippen LogP contribution is 2.36. The number of hydrogen-bond donors (Lipinski definition) is 2. The second-order valence-electron chi connectivity index (χ2n) is 6.80. The molecule has 0 saturated carbocycles. The predicted octanol–water partition coefficient (Wildman–Crippen LogP) is 3.90. The van der Waals surface area contributed by atoms with Gasteiger partial charge < -0.3 is 19.7 Å². The molecule has 0 spiro atoms. The van der Waals surface area contributed by atoms with Gasteiger partial charge in [0, 0.05) is 29.6 Å². The van der Waals surface area contributed by atoms with Gasteiger partial charge in [0.1, 0.15) is 5.60 Å². The molecule has 1 aliphatic heterocycles. The molecule has 5 nitrogen and oxygen atoms in total. The van der Waals surface area contributed by atoms with Crippen molar-refractivity contribution >= 4 is 22.6 Å². The molecule has 2 heterocycles. The zero-order valence-electron chi connectivity index (χ0n) is 13.7. The van der Waals surface area contributed by atoms with Gasteiger partial charge in [-0.2, -0.15) is 0 Å². The molecule has 0 fully saturated rings. The quantitative estimate of drug-likeness (QED) is 0.839. The molecule has 2 N–H and O–H groups in total. The van der Waals surface area contributed by atoms with Gasteiger partial charge in [0.15, 0.2) is 5.88 Å². The lowest BCUT2D eigenvalue weighted by atomic mass is 9.98. The molecule has 0 atom stereocenters. The van der Waals surface area contributed by atoms with Crippen LogP contribution in [0.15, 0.2) is 30.3 Å². The molecule has 0 saturated heterocycles. The Morgan fingerprint density at radius 2 is 2.04 bits per heavy atom. The number of hydrogen-bond acceptors (Lipinski definition) is 3. The Kier molecular flexibility index (Phi) is 3.80. The summed E-state index contributed by atoms with van der Waals surface area (Å²) in [6, 6.07) is 7.81. The van der Waals surface area contributed by atoms with Crippen LogP contribution >= 0.6 is 0 Å². The average Bonchev–Trinajstić information content (AvgIpc) is 2.81. The SMILES string of the molecule is CC(C)(C)OC(=O)N1CC=C(c2c(O)[nH]c3ccccc23)CC1. The lowest BCUT2D eigenvalue weighted by Gasteiger charge is -2.29. The topological polar surface area (TPSA) is 65.6 Å². The van der Waals surface area contributed by atoms with Crippen molar-refractivity contribution in [1.82, 2.24) is 9.88 Å². The number of benzene rings is 1. The van der Waals surface area contributed by atoms with Crippen molar-refractivity contribution in [3.05, 3.63) is 35.9 Å². The van der Waals surface area contributed by atoms with Crippen molar-refractivity contribution in [2.45, 2.75) is 32.8 Å². The number of aromatic amines is 1. The lowest BCUT2D eigenvalue weighted by Crippen LogP contribution is -2.39. The summed E-state index contributed by atoms with van der Waals surface area (Å²) in [5, 5.41) is 11.2. The first kappa shape index (κ1) is 15.5. The number of fused-ring (bicyclic) bond motifs is 1. The van der Waals surface area contributed by atoms with Crippen LogP contribution in [-0.2, 0) is 4.74 Å². The van der Waals surface area contributed by atoms with E-state index in [2.05, 4.69) is 4.98 Å². The largest absolute Gasteiger partial charge is 0.494 e. The molecule has 1 amide bonds. The Labute approximate surface area is 135 Å². The van der Waals surface area contributed by atoms with E-state index in [-0.39, 0.29) is 12.0 Å². The molecule has 0 radical (unpaired) electrons. The summed E-state index contributed by atoms with van der Waals surface area (Å²) in [5.74, 6) is 0.183. The Bertz CT molecular complexity index is 768. The van der Waals surface area contributed by atoms with Crippen LogP contribution in [0, 0.1) is 0 Å². The minimum absolute atomic E-state index is 0.183. The van der Waals surface area contributed by atoms with Crippen LogP contribution in [0.4, 0.5) is 4.79 Å². The Hall–Kier alpha value is -2.43. The molecule has 23 heavy (non-hydrogen) atoms. The van der Waals surface area contributed by atoms with Crippen molar-refractivity contribution in [3.8, 4) is 5.88 Å².